The standard InChI is InChI=1S/C40H38ClN3O/c1-28(2)45-35-22-23-38-36(27-35)39(30-24-25-42-37(26-30)29-18-20-34(41)21-19-29)43-44(38)40(31-12-6-3-7-13-31,32-14-8-4-9-15-32)33-16-10-5-11-17-33/h3-17,22-29,34H,18-21H2,1-2H3. The fraction of sp³-hybridized carbons (Fsp3) is 0.250. The summed E-state index contributed by atoms with van der Waals surface area (Å²) < 4.78 is 8.46. The van der Waals surface area contributed by atoms with Crippen molar-refractivity contribution in [1.29, 1.82) is 0 Å². The highest BCUT2D eigenvalue weighted by Crippen LogP contribution is 2.45. The highest BCUT2D eigenvalue weighted by Gasteiger charge is 2.41. The molecule has 1 aliphatic carbocycles. The lowest BCUT2D eigenvalue weighted by molar-refractivity contribution is 0.243. The Kier molecular flexibility index (Phi) is 8.16. The molecule has 226 valence electrons. The van der Waals surface area contributed by atoms with E-state index in [1.807, 2.05) is 6.20 Å². The number of alkyl halides is 1. The van der Waals surface area contributed by atoms with Gasteiger partial charge in [-0.3, -0.25) is 4.98 Å². The fourth-order valence-corrected chi connectivity index (χ4v) is 7.24. The van der Waals surface area contributed by atoms with E-state index < -0.39 is 5.54 Å². The average molecular weight is 612 g/mol. The highest BCUT2D eigenvalue weighted by atomic mass is 35.5. The maximum atomic E-state index is 6.46. The molecule has 45 heavy (non-hydrogen) atoms. The number of hydrogen-bond donors (Lipinski definition) is 0. The summed E-state index contributed by atoms with van der Waals surface area (Å²) in [6.45, 7) is 4.12. The van der Waals surface area contributed by atoms with Crippen LogP contribution in [0.4, 0.5) is 0 Å². The second kappa shape index (κ2) is 12.5. The van der Waals surface area contributed by atoms with Crippen LogP contribution in [0.15, 0.2) is 128 Å². The van der Waals surface area contributed by atoms with Gasteiger partial charge in [0.25, 0.3) is 0 Å². The predicted molar refractivity (Wildman–Crippen MR) is 184 cm³/mol. The molecule has 0 saturated heterocycles. The largest absolute Gasteiger partial charge is 0.491 e. The molecule has 0 atom stereocenters. The molecule has 6 aromatic rings. The molecule has 0 N–H and O–H groups in total. The van der Waals surface area contributed by atoms with Crippen LogP contribution in [-0.4, -0.2) is 26.2 Å². The number of aromatic nitrogens is 3. The smallest absolute Gasteiger partial charge is 0.138 e. The van der Waals surface area contributed by atoms with Gasteiger partial charge in [0.2, 0.25) is 0 Å². The highest BCUT2D eigenvalue weighted by molar-refractivity contribution is 6.20. The maximum absolute atomic E-state index is 6.46. The van der Waals surface area contributed by atoms with Crippen LogP contribution in [0.1, 0.15) is 67.8 Å². The van der Waals surface area contributed by atoms with Crippen LogP contribution >= 0.6 is 11.6 Å². The number of rotatable bonds is 8. The Morgan fingerprint density at radius 3 is 1.87 bits per heavy atom. The molecule has 1 saturated carbocycles. The van der Waals surface area contributed by atoms with Gasteiger partial charge in [0, 0.05) is 34.1 Å². The third-order valence-corrected chi connectivity index (χ3v) is 9.48. The minimum absolute atomic E-state index is 0.0579. The van der Waals surface area contributed by atoms with Crippen molar-refractivity contribution in [3.8, 4) is 17.0 Å². The van der Waals surface area contributed by atoms with Crippen LogP contribution in [0.3, 0.4) is 0 Å². The van der Waals surface area contributed by atoms with Crippen LogP contribution < -0.4 is 4.74 Å². The van der Waals surface area contributed by atoms with Gasteiger partial charge in [-0.25, -0.2) is 4.68 Å². The Morgan fingerprint density at radius 2 is 1.31 bits per heavy atom. The van der Waals surface area contributed by atoms with Gasteiger partial charge in [0.15, 0.2) is 0 Å². The molecule has 1 aliphatic rings. The second-order valence-electron chi connectivity index (χ2n) is 12.3. The molecule has 4 aromatic carbocycles. The van der Waals surface area contributed by atoms with Crippen molar-refractivity contribution in [1.82, 2.24) is 14.8 Å². The quantitative estimate of drug-likeness (QED) is 0.127. The SMILES string of the molecule is CC(C)Oc1ccc2c(c1)c(-c1ccnc(C3CCC(Cl)CC3)c1)nn2C(c1ccccc1)(c1ccccc1)c1ccccc1. The number of pyridine rings is 1. The first kappa shape index (κ1) is 29.3. The topological polar surface area (TPSA) is 39.9 Å². The molecule has 0 spiro atoms. The van der Waals surface area contributed by atoms with E-state index in [0.29, 0.717) is 5.92 Å². The Labute approximate surface area is 270 Å². The normalized spacial score (nSPS) is 17.1. The Bertz CT molecular complexity index is 1780. The van der Waals surface area contributed by atoms with Crippen molar-refractivity contribution in [3.63, 3.8) is 0 Å². The molecule has 2 aromatic heterocycles. The number of benzene rings is 4. The number of halogens is 1. The summed E-state index contributed by atoms with van der Waals surface area (Å²) in [5, 5.41) is 6.90. The van der Waals surface area contributed by atoms with Crippen LogP contribution in [0.2, 0.25) is 0 Å². The predicted octanol–water partition coefficient (Wildman–Crippen LogP) is 9.99. The second-order valence-corrected chi connectivity index (χ2v) is 12.9. The summed E-state index contributed by atoms with van der Waals surface area (Å²) in [7, 11) is 0. The van der Waals surface area contributed by atoms with Crippen molar-refractivity contribution in [3.05, 3.63) is 150 Å². The minimum Gasteiger partial charge on any atom is -0.491 e. The van der Waals surface area contributed by atoms with Gasteiger partial charge in [-0.2, -0.15) is 5.10 Å². The van der Waals surface area contributed by atoms with Gasteiger partial charge in [0.05, 0.1) is 11.6 Å². The van der Waals surface area contributed by atoms with Gasteiger partial charge < -0.3 is 4.74 Å². The summed E-state index contributed by atoms with van der Waals surface area (Å²) in [5.41, 5.74) is 6.78. The molecule has 7 rings (SSSR count). The number of fused-ring (bicyclic) bond motifs is 1. The summed E-state index contributed by atoms with van der Waals surface area (Å²) in [6.07, 6.45) is 6.17. The Morgan fingerprint density at radius 1 is 0.733 bits per heavy atom. The Hall–Kier alpha value is -4.41. The average Bonchev–Trinajstić information content (AvgIpc) is 3.46. The number of ether oxygens (including phenoxy) is 1. The van der Waals surface area contributed by atoms with E-state index in [-0.39, 0.29) is 11.5 Å². The molecule has 4 nitrogen and oxygen atoms in total. The summed E-state index contributed by atoms with van der Waals surface area (Å²) in [4.78, 5) is 4.85. The van der Waals surface area contributed by atoms with Gasteiger partial charge in [-0.05, 0) is 86.6 Å². The van der Waals surface area contributed by atoms with Crippen LogP contribution in [0.25, 0.3) is 22.2 Å². The third-order valence-electron chi connectivity index (χ3n) is 9.05. The molecule has 2 heterocycles. The van der Waals surface area contributed by atoms with Gasteiger partial charge >= 0.3 is 0 Å². The zero-order valence-corrected chi connectivity index (χ0v) is 26.6. The zero-order valence-electron chi connectivity index (χ0n) is 25.8. The molecule has 0 aliphatic heterocycles. The maximum Gasteiger partial charge on any atom is 0.138 e. The lowest BCUT2D eigenvalue weighted by Gasteiger charge is -2.37. The van der Waals surface area contributed by atoms with Crippen molar-refractivity contribution in [2.24, 2.45) is 0 Å². The van der Waals surface area contributed by atoms with E-state index in [1.165, 1.54) is 0 Å². The van der Waals surface area contributed by atoms with Gasteiger partial charge in [-0.15, -0.1) is 11.6 Å². The molecular formula is C40H38ClN3O. The lowest BCUT2D eigenvalue weighted by atomic mass is 9.77. The number of hydrogen-bond acceptors (Lipinski definition) is 3. The first-order valence-electron chi connectivity index (χ1n) is 16.0. The van der Waals surface area contributed by atoms with Crippen molar-refractivity contribution in [2.75, 3.05) is 0 Å². The molecular weight excluding hydrogens is 574 g/mol. The summed E-state index contributed by atoms with van der Waals surface area (Å²) in [5.74, 6) is 1.24. The van der Waals surface area contributed by atoms with E-state index in [1.54, 1.807) is 0 Å². The van der Waals surface area contributed by atoms with E-state index in [4.69, 9.17) is 26.4 Å². The van der Waals surface area contributed by atoms with Crippen LogP contribution in [0.5, 0.6) is 5.75 Å². The third kappa shape index (κ3) is 5.53. The van der Waals surface area contributed by atoms with Crippen molar-refractivity contribution in [2.45, 2.75) is 62.5 Å². The van der Waals surface area contributed by atoms with E-state index in [2.05, 4.69) is 140 Å². The molecule has 0 unspecified atom stereocenters. The van der Waals surface area contributed by atoms with Crippen LogP contribution in [-0.2, 0) is 5.54 Å². The summed E-state index contributed by atoms with van der Waals surface area (Å²) in [6, 6.07) is 42.9. The summed E-state index contributed by atoms with van der Waals surface area (Å²) >= 11 is 6.46. The molecule has 0 bridgehead atoms. The first-order chi connectivity index (χ1) is 22.0. The Balaban J connectivity index is 1.52. The van der Waals surface area contributed by atoms with Crippen LogP contribution in [0, 0.1) is 0 Å². The fourth-order valence-electron chi connectivity index (χ4n) is 6.98. The molecule has 0 amide bonds. The van der Waals surface area contributed by atoms with Gasteiger partial charge in [0.1, 0.15) is 17.0 Å². The zero-order chi connectivity index (χ0) is 30.8. The first-order valence-corrected chi connectivity index (χ1v) is 16.4. The van der Waals surface area contributed by atoms with E-state index in [9.17, 15) is 0 Å². The lowest BCUT2D eigenvalue weighted by Crippen LogP contribution is -2.38. The van der Waals surface area contributed by atoms with E-state index >= 15 is 0 Å². The number of nitrogens with zero attached hydrogens (tertiary/aromatic N) is 3. The minimum atomic E-state index is -0.741. The van der Waals surface area contributed by atoms with E-state index in [0.717, 1.165) is 76.0 Å². The van der Waals surface area contributed by atoms with Crippen molar-refractivity contribution >= 4 is 22.5 Å². The molecule has 1 fully saturated rings. The molecule has 5 heteroatoms. The van der Waals surface area contributed by atoms with Gasteiger partial charge in [-0.1, -0.05) is 91.0 Å². The monoisotopic (exact) mass is 611 g/mol. The molecule has 0 radical (unpaired) electrons. The van der Waals surface area contributed by atoms with Crippen molar-refractivity contribution < 1.29 is 4.74 Å².